The van der Waals surface area contributed by atoms with E-state index >= 15 is 0 Å². The maximum absolute atomic E-state index is 12.6. The summed E-state index contributed by atoms with van der Waals surface area (Å²) >= 11 is 0. The highest BCUT2D eigenvalue weighted by molar-refractivity contribution is 5.88. The SMILES string of the molecule is C=C[C@]1(C)CC(C=C(C)C)Oc2c1c(=O)oc1cccc(C)c21. The van der Waals surface area contributed by atoms with Crippen molar-refractivity contribution in [3.8, 4) is 5.75 Å². The van der Waals surface area contributed by atoms with Crippen molar-refractivity contribution in [2.45, 2.75) is 45.6 Å². The number of aryl methyl sites for hydroxylation is 1. The van der Waals surface area contributed by atoms with Crippen molar-refractivity contribution in [1.82, 2.24) is 0 Å². The fraction of sp³-hybridized carbons (Fsp3) is 0.350. The predicted molar refractivity (Wildman–Crippen MR) is 93.2 cm³/mol. The van der Waals surface area contributed by atoms with Crippen molar-refractivity contribution < 1.29 is 9.15 Å². The first kappa shape index (κ1) is 15.6. The fourth-order valence-electron chi connectivity index (χ4n) is 3.36. The third kappa shape index (κ3) is 2.50. The van der Waals surface area contributed by atoms with Crippen LogP contribution in [0, 0.1) is 6.92 Å². The second-order valence-corrected chi connectivity index (χ2v) is 6.77. The van der Waals surface area contributed by atoms with E-state index in [0.717, 1.165) is 10.9 Å². The fourth-order valence-corrected chi connectivity index (χ4v) is 3.36. The summed E-state index contributed by atoms with van der Waals surface area (Å²) in [6.45, 7) is 12.1. The molecule has 0 saturated heterocycles. The molecule has 1 aromatic carbocycles. The molecule has 0 bridgehead atoms. The average molecular weight is 310 g/mol. The van der Waals surface area contributed by atoms with Gasteiger partial charge in [0.15, 0.2) is 0 Å². The van der Waals surface area contributed by atoms with Gasteiger partial charge in [-0.25, -0.2) is 4.79 Å². The van der Waals surface area contributed by atoms with Crippen molar-refractivity contribution >= 4 is 11.0 Å². The highest BCUT2D eigenvalue weighted by Gasteiger charge is 2.39. The van der Waals surface area contributed by atoms with Crippen LogP contribution in [0.4, 0.5) is 0 Å². The Morgan fingerprint density at radius 2 is 2.13 bits per heavy atom. The molecule has 0 N–H and O–H groups in total. The van der Waals surface area contributed by atoms with Gasteiger partial charge in [0.2, 0.25) is 0 Å². The summed E-state index contributed by atoms with van der Waals surface area (Å²) in [7, 11) is 0. The standard InChI is InChI=1S/C20H22O3/c1-6-20(5)11-14(10-12(2)3)22-18-16-13(4)8-7-9-15(16)23-19(21)17(18)20/h6-10,14H,1,11H2,2-5H3/t14?,20-/m1/s1. The Morgan fingerprint density at radius 3 is 2.78 bits per heavy atom. The number of rotatable bonds is 2. The van der Waals surface area contributed by atoms with Gasteiger partial charge in [-0.05, 0) is 38.5 Å². The Morgan fingerprint density at radius 1 is 1.39 bits per heavy atom. The summed E-state index contributed by atoms with van der Waals surface area (Å²) in [4.78, 5) is 12.6. The van der Waals surface area contributed by atoms with E-state index < -0.39 is 5.41 Å². The molecule has 1 aromatic heterocycles. The lowest BCUT2D eigenvalue weighted by molar-refractivity contribution is 0.181. The van der Waals surface area contributed by atoms with E-state index in [9.17, 15) is 4.79 Å². The average Bonchev–Trinajstić information content (AvgIpc) is 2.45. The minimum absolute atomic E-state index is 0.0832. The number of ether oxygens (including phenoxy) is 1. The Balaban J connectivity index is 2.38. The zero-order valence-electron chi connectivity index (χ0n) is 14.1. The van der Waals surface area contributed by atoms with Crippen LogP contribution in [-0.2, 0) is 5.41 Å². The molecule has 0 spiro atoms. The Kier molecular flexibility index (Phi) is 3.67. The van der Waals surface area contributed by atoms with Gasteiger partial charge in [0.1, 0.15) is 17.4 Å². The van der Waals surface area contributed by atoms with Crippen molar-refractivity contribution in [1.29, 1.82) is 0 Å². The molecular weight excluding hydrogens is 288 g/mol. The lowest BCUT2D eigenvalue weighted by Crippen LogP contribution is -2.38. The normalized spacial score (nSPS) is 23.0. The van der Waals surface area contributed by atoms with Crippen LogP contribution in [0.15, 0.2) is 51.7 Å². The molecule has 0 aliphatic carbocycles. The van der Waals surface area contributed by atoms with Crippen LogP contribution in [-0.4, -0.2) is 6.10 Å². The van der Waals surface area contributed by atoms with Gasteiger partial charge in [0.05, 0.1) is 10.9 Å². The van der Waals surface area contributed by atoms with Gasteiger partial charge in [-0.1, -0.05) is 30.7 Å². The predicted octanol–water partition coefficient (Wildman–Crippen LogP) is 4.66. The molecule has 3 nitrogen and oxygen atoms in total. The molecule has 3 heteroatoms. The highest BCUT2D eigenvalue weighted by atomic mass is 16.5. The lowest BCUT2D eigenvalue weighted by atomic mass is 9.75. The number of hydrogen-bond acceptors (Lipinski definition) is 3. The molecule has 1 aliphatic rings. The summed E-state index contributed by atoms with van der Waals surface area (Å²) in [6, 6.07) is 5.70. The van der Waals surface area contributed by atoms with Gasteiger partial charge >= 0.3 is 5.63 Å². The van der Waals surface area contributed by atoms with Crippen molar-refractivity contribution in [3.05, 3.63) is 64.1 Å². The van der Waals surface area contributed by atoms with Gasteiger partial charge in [0, 0.05) is 11.8 Å². The van der Waals surface area contributed by atoms with Gasteiger partial charge in [-0.2, -0.15) is 0 Å². The topological polar surface area (TPSA) is 39.4 Å². The van der Waals surface area contributed by atoms with Crippen LogP contribution in [0.3, 0.4) is 0 Å². The zero-order valence-corrected chi connectivity index (χ0v) is 14.1. The minimum Gasteiger partial charge on any atom is -0.485 e. The molecule has 0 amide bonds. The monoisotopic (exact) mass is 310 g/mol. The third-order valence-corrected chi connectivity index (χ3v) is 4.53. The quantitative estimate of drug-likeness (QED) is 0.598. The second-order valence-electron chi connectivity index (χ2n) is 6.77. The van der Waals surface area contributed by atoms with Gasteiger partial charge in [-0.3, -0.25) is 0 Å². The van der Waals surface area contributed by atoms with E-state index in [0.29, 0.717) is 23.3 Å². The molecule has 3 rings (SSSR count). The van der Waals surface area contributed by atoms with Crippen molar-refractivity contribution in [2.75, 3.05) is 0 Å². The van der Waals surface area contributed by atoms with Crippen molar-refractivity contribution in [2.24, 2.45) is 0 Å². The maximum Gasteiger partial charge on any atom is 0.344 e. The van der Waals surface area contributed by atoms with E-state index in [1.54, 1.807) is 0 Å². The first-order chi connectivity index (χ1) is 10.9. The Hall–Kier alpha value is -2.29. The lowest BCUT2D eigenvalue weighted by Gasteiger charge is -2.36. The third-order valence-electron chi connectivity index (χ3n) is 4.53. The largest absolute Gasteiger partial charge is 0.485 e. The molecule has 120 valence electrons. The van der Waals surface area contributed by atoms with E-state index in [-0.39, 0.29) is 11.7 Å². The molecule has 2 aromatic rings. The summed E-state index contributed by atoms with van der Waals surface area (Å²) in [5.74, 6) is 0.644. The van der Waals surface area contributed by atoms with Crippen LogP contribution >= 0.6 is 0 Å². The van der Waals surface area contributed by atoms with Crippen LogP contribution in [0.1, 0.15) is 38.3 Å². The van der Waals surface area contributed by atoms with Crippen LogP contribution < -0.4 is 10.4 Å². The van der Waals surface area contributed by atoms with E-state index in [2.05, 4.69) is 12.7 Å². The molecular formula is C20H22O3. The van der Waals surface area contributed by atoms with Gasteiger partial charge in [0.25, 0.3) is 0 Å². The second kappa shape index (κ2) is 5.41. The summed E-state index contributed by atoms with van der Waals surface area (Å²) < 4.78 is 11.8. The van der Waals surface area contributed by atoms with Crippen LogP contribution in [0.5, 0.6) is 5.75 Å². The van der Waals surface area contributed by atoms with Crippen molar-refractivity contribution in [3.63, 3.8) is 0 Å². The number of hydrogen-bond donors (Lipinski definition) is 0. The molecule has 2 atom stereocenters. The minimum atomic E-state index is -0.471. The zero-order chi connectivity index (χ0) is 16.8. The highest BCUT2D eigenvalue weighted by Crippen LogP contribution is 2.44. The van der Waals surface area contributed by atoms with E-state index in [1.807, 2.05) is 52.0 Å². The molecule has 1 unspecified atom stereocenters. The van der Waals surface area contributed by atoms with E-state index in [1.165, 1.54) is 5.57 Å². The summed E-state index contributed by atoms with van der Waals surface area (Å²) in [6.07, 6.45) is 4.53. The Bertz CT molecular complexity index is 868. The first-order valence-corrected chi connectivity index (χ1v) is 7.88. The number of fused-ring (bicyclic) bond motifs is 3. The number of allylic oxidation sites excluding steroid dienone is 2. The van der Waals surface area contributed by atoms with Crippen LogP contribution in [0.25, 0.3) is 11.0 Å². The van der Waals surface area contributed by atoms with E-state index in [4.69, 9.17) is 9.15 Å². The molecule has 0 saturated carbocycles. The molecule has 23 heavy (non-hydrogen) atoms. The molecule has 0 radical (unpaired) electrons. The van der Waals surface area contributed by atoms with Gasteiger partial charge in [-0.15, -0.1) is 6.58 Å². The first-order valence-electron chi connectivity index (χ1n) is 7.88. The Labute approximate surface area is 136 Å². The smallest absolute Gasteiger partial charge is 0.344 e. The summed E-state index contributed by atoms with van der Waals surface area (Å²) in [5, 5.41) is 0.877. The molecule has 0 fully saturated rings. The maximum atomic E-state index is 12.6. The van der Waals surface area contributed by atoms with Crippen LogP contribution in [0.2, 0.25) is 0 Å². The molecule has 1 aliphatic heterocycles. The number of benzene rings is 1. The van der Waals surface area contributed by atoms with Gasteiger partial charge < -0.3 is 9.15 Å². The summed E-state index contributed by atoms with van der Waals surface area (Å²) in [5.41, 5.74) is 2.56. The molecule has 2 heterocycles.